The van der Waals surface area contributed by atoms with Crippen LogP contribution in [0.4, 0.5) is 0 Å². The molecule has 0 N–H and O–H groups in total. The number of hydrogen-bond acceptors (Lipinski definition) is 1. The Kier molecular flexibility index (Phi) is 3.47. The van der Waals surface area contributed by atoms with Crippen LogP contribution in [0.2, 0.25) is 5.02 Å². The van der Waals surface area contributed by atoms with Gasteiger partial charge in [-0.05, 0) is 41.5 Å². The van der Waals surface area contributed by atoms with Crippen LogP contribution in [-0.2, 0) is 6.42 Å². The lowest BCUT2D eigenvalue weighted by Crippen LogP contribution is -1.93. The first-order valence-electron chi connectivity index (χ1n) is 5.07. The van der Waals surface area contributed by atoms with E-state index in [1.165, 1.54) is 5.56 Å². The van der Waals surface area contributed by atoms with Crippen LogP contribution in [0.3, 0.4) is 0 Å². The van der Waals surface area contributed by atoms with Crippen molar-refractivity contribution >= 4 is 11.6 Å². The predicted octanol–water partition coefficient (Wildman–Crippen LogP) is 3.74. The zero-order valence-corrected chi connectivity index (χ0v) is 9.79. The molecule has 2 aromatic carbocycles. The third kappa shape index (κ3) is 2.56. The maximum absolute atomic E-state index is 5.84. The van der Waals surface area contributed by atoms with Crippen LogP contribution in [0.15, 0.2) is 42.5 Å². The van der Waals surface area contributed by atoms with Crippen LogP contribution < -0.4 is 4.74 Å². The maximum Gasteiger partial charge on any atom is 0.122 e. The molecule has 0 bridgehead atoms. The van der Waals surface area contributed by atoms with Crippen LogP contribution in [0.5, 0.6) is 5.75 Å². The van der Waals surface area contributed by atoms with E-state index in [9.17, 15) is 0 Å². The summed E-state index contributed by atoms with van der Waals surface area (Å²) in [6.07, 6.45) is 0.831. The molecule has 0 aliphatic rings. The molecule has 16 heavy (non-hydrogen) atoms. The van der Waals surface area contributed by atoms with Crippen molar-refractivity contribution in [2.75, 3.05) is 7.11 Å². The minimum atomic E-state index is 0.760. The van der Waals surface area contributed by atoms with Crippen molar-refractivity contribution < 1.29 is 4.74 Å². The van der Waals surface area contributed by atoms with Gasteiger partial charge in [-0.3, -0.25) is 0 Å². The minimum absolute atomic E-state index is 0.760. The second-order valence-electron chi connectivity index (χ2n) is 3.54. The van der Waals surface area contributed by atoms with Gasteiger partial charge in [-0.15, -0.1) is 0 Å². The Morgan fingerprint density at radius 1 is 1.19 bits per heavy atom. The molecule has 2 heteroatoms. The van der Waals surface area contributed by atoms with Gasteiger partial charge in [0, 0.05) is 11.4 Å². The Morgan fingerprint density at radius 2 is 1.94 bits per heavy atom. The van der Waals surface area contributed by atoms with Gasteiger partial charge in [0.25, 0.3) is 0 Å². The summed E-state index contributed by atoms with van der Waals surface area (Å²) in [6, 6.07) is 16.6. The number of hydrogen-bond donors (Lipinski definition) is 0. The summed E-state index contributed by atoms with van der Waals surface area (Å²) in [5, 5.41) is 0.760. The molecule has 0 fully saturated rings. The molecule has 1 nitrogen and oxygen atoms in total. The van der Waals surface area contributed by atoms with E-state index in [-0.39, 0.29) is 0 Å². The fraction of sp³-hybridized carbons (Fsp3) is 0.143. The first-order chi connectivity index (χ1) is 7.79. The average Bonchev–Trinajstić information content (AvgIpc) is 2.33. The van der Waals surface area contributed by atoms with E-state index in [0.29, 0.717) is 0 Å². The maximum atomic E-state index is 5.84. The molecule has 0 aliphatic heterocycles. The number of methoxy groups -OCH3 is 1. The largest absolute Gasteiger partial charge is 0.496 e. The first kappa shape index (κ1) is 11.0. The topological polar surface area (TPSA) is 9.23 Å². The molecule has 0 saturated carbocycles. The molecule has 0 heterocycles. The van der Waals surface area contributed by atoms with Crippen LogP contribution in [0.1, 0.15) is 11.1 Å². The molecule has 1 radical (unpaired) electrons. The summed E-state index contributed by atoms with van der Waals surface area (Å²) in [5.74, 6) is 0.897. The van der Waals surface area contributed by atoms with E-state index in [4.69, 9.17) is 16.3 Å². The van der Waals surface area contributed by atoms with E-state index in [2.05, 4.69) is 6.07 Å². The Balaban J connectivity index is 2.23. The Morgan fingerprint density at radius 3 is 2.62 bits per heavy atom. The Hall–Kier alpha value is -1.47. The molecule has 0 spiro atoms. The molecule has 2 aromatic rings. The number of benzene rings is 2. The molecule has 2 rings (SSSR count). The quantitative estimate of drug-likeness (QED) is 0.782. The zero-order chi connectivity index (χ0) is 11.4. The highest BCUT2D eigenvalue weighted by molar-refractivity contribution is 6.30. The molecule has 0 aromatic heterocycles. The number of halogens is 1. The Bertz CT molecular complexity index is 462. The van der Waals surface area contributed by atoms with Crippen molar-refractivity contribution in [1.29, 1.82) is 0 Å². The number of ether oxygens (including phenoxy) is 1. The van der Waals surface area contributed by atoms with Gasteiger partial charge in [-0.1, -0.05) is 29.8 Å². The minimum Gasteiger partial charge on any atom is -0.496 e. The third-order valence-electron chi connectivity index (χ3n) is 2.43. The lowest BCUT2D eigenvalue weighted by atomic mass is 10.0. The average molecular weight is 232 g/mol. The van der Waals surface area contributed by atoms with Gasteiger partial charge in [0.2, 0.25) is 0 Å². The monoisotopic (exact) mass is 231 g/mol. The normalized spacial score (nSPS) is 10.1. The van der Waals surface area contributed by atoms with Gasteiger partial charge in [-0.25, -0.2) is 0 Å². The van der Waals surface area contributed by atoms with Crippen LogP contribution >= 0.6 is 11.6 Å². The summed E-state index contributed by atoms with van der Waals surface area (Å²) < 4.78 is 5.30. The van der Waals surface area contributed by atoms with Crippen molar-refractivity contribution in [1.82, 2.24) is 0 Å². The summed E-state index contributed by atoms with van der Waals surface area (Å²) in [7, 11) is 1.68. The summed E-state index contributed by atoms with van der Waals surface area (Å²) in [4.78, 5) is 0. The fourth-order valence-corrected chi connectivity index (χ4v) is 1.74. The summed E-state index contributed by atoms with van der Waals surface area (Å²) in [6.45, 7) is 0. The molecule has 0 saturated heterocycles. The van der Waals surface area contributed by atoms with Crippen molar-refractivity contribution in [3.63, 3.8) is 0 Å². The highest BCUT2D eigenvalue weighted by Crippen LogP contribution is 2.21. The second kappa shape index (κ2) is 5.04. The fourth-order valence-electron chi connectivity index (χ4n) is 1.61. The van der Waals surface area contributed by atoms with Gasteiger partial charge in [0.05, 0.1) is 7.11 Å². The van der Waals surface area contributed by atoms with Crippen LogP contribution in [-0.4, -0.2) is 7.11 Å². The molecule has 81 valence electrons. The van der Waals surface area contributed by atoms with E-state index in [0.717, 1.165) is 22.8 Å². The molecular formula is C14H12ClO. The lowest BCUT2D eigenvalue weighted by Gasteiger charge is -2.07. The third-order valence-corrected chi connectivity index (χ3v) is 2.68. The van der Waals surface area contributed by atoms with Gasteiger partial charge in [-0.2, -0.15) is 0 Å². The van der Waals surface area contributed by atoms with Gasteiger partial charge < -0.3 is 4.74 Å². The smallest absolute Gasteiger partial charge is 0.122 e. The van der Waals surface area contributed by atoms with Crippen molar-refractivity contribution in [3.8, 4) is 5.75 Å². The molecule has 0 atom stereocenters. The van der Waals surface area contributed by atoms with E-state index < -0.39 is 0 Å². The van der Waals surface area contributed by atoms with E-state index in [1.54, 1.807) is 7.11 Å². The first-order valence-corrected chi connectivity index (χ1v) is 5.45. The van der Waals surface area contributed by atoms with Crippen LogP contribution in [0.25, 0.3) is 0 Å². The molecular weight excluding hydrogens is 220 g/mol. The molecule has 0 amide bonds. The second-order valence-corrected chi connectivity index (χ2v) is 3.98. The van der Waals surface area contributed by atoms with Crippen molar-refractivity contribution in [3.05, 3.63) is 64.7 Å². The standard InChI is InChI=1S/C14H12ClO/c1-16-14-5-3-2-4-12(14)10-11-6-8-13(15)9-7-11/h3-9H,10H2,1H3. The molecule has 0 unspecified atom stereocenters. The van der Waals surface area contributed by atoms with Crippen molar-refractivity contribution in [2.24, 2.45) is 0 Å². The van der Waals surface area contributed by atoms with Crippen molar-refractivity contribution in [2.45, 2.75) is 6.42 Å². The van der Waals surface area contributed by atoms with Gasteiger partial charge in [0.15, 0.2) is 0 Å². The van der Waals surface area contributed by atoms with Crippen LogP contribution in [0, 0.1) is 6.07 Å². The predicted molar refractivity (Wildman–Crippen MR) is 66.1 cm³/mol. The zero-order valence-electron chi connectivity index (χ0n) is 9.03. The van der Waals surface area contributed by atoms with E-state index >= 15 is 0 Å². The SMILES string of the molecule is COc1cc[c]cc1Cc1ccc(Cl)cc1. The molecule has 0 aliphatic carbocycles. The van der Waals surface area contributed by atoms with Gasteiger partial charge >= 0.3 is 0 Å². The van der Waals surface area contributed by atoms with Gasteiger partial charge in [0.1, 0.15) is 5.75 Å². The lowest BCUT2D eigenvalue weighted by molar-refractivity contribution is 0.410. The highest BCUT2D eigenvalue weighted by atomic mass is 35.5. The Labute approximate surface area is 101 Å². The number of rotatable bonds is 3. The summed E-state index contributed by atoms with van der Waals surface area (Å²) >= 11 is 5.84. The summed E-state index contributed by atoms with van der Waals surface area (Å²) in [5.41, 5.74) is 2.34. The van der Waals surface area contributed by atoms with E-state index in [1.807, 2.05) is 42.5 Å². The highest BCUT2D eigenvalue weighted by Gasteiger charge is 2.02.